The maximum absolute atomic E-state index is 5.97. The first-order valence-corrected chi connectivity index (χ1v) is 10.1. The molecule has 3 heterocycles. The summed E-state index contributed by atoms with van der Waals surface area (Å²) in [5.41, 5.74) is 3.38. The van der Waals surface area contributed by atoms with Crippen LogP contribution in [0.4, 0.5) is 0 Å². The van der Waals surface area contributed by atoms with Crippen LogP contribution in [-0.2, 0) is 18.3 Å². The van der Waals surface area contributed by atoms with Crippen LogP contribution < -0.4 is 5.32 Å². The summed E-state index contributed by atoms with van der Waals surface area (Å²) in [7, 11) is 1.93. The molecule has 1 fully saturated rings. The summed E-state index contributed by atoms with van der Waals surface area (Å²) in [5, 5.41) is 12.3. The van der Waals surface area contributed by atoms with Crippen LogP contribution in [0.2, 0.25) is 0 Å². The fourth-order valence-electron chi connectivity index (χ4n) is 3.53. The molecule has 28 heavy (non-hydrogen) atoms. The van der Waals surface area contributed by atoms with Gasteiger partial charge in [-0.25, -0.2) is 0 Å². The van der Waals surface area contributed by atoms with Gasteiger partial charge < -0.3 is 15.0 Å². The molecule has 0 aromatic carbocycles. The molecule has 8 heteroatoms. The highest BCUT2D eigenvalue weighted by Crippen LogP contribution is 2.21. The highest BCUT2D eigenvalue weighted by Gasteiger charge is 2.25. The Labute approximate surface area is 167 Å². The van der Waals surface area contributed by atoms with E-state index >= 15 is 0 Å². The van der Waals surface area contributed by atoms with Gasteiger partial charge in [0.2, 0.25) is 0 Å². The second-order valence-electron chi connectivity index (χ2n) is 7.66. The van der Waals surface area contributed by atoms with E-state index in [1.807, 2.05) is 31.0 Å². The van der Waals surface area contributed by atoms with Gasteiger partial charge in [0.05, 0.1) is 25.0 Å². The van der Waals surface area contributed by atoms with Gasteiger partial charge in [-0.2, -0.15) is 10.2 Å². The number of ether oxygens (including phenoxy) is 1. The Hall–Kier alpha value is -2.35. The lowest BCUT2D eigenvalue weighted by Gasteiger charge is -2.35. The van der Waals surface area contributed by atoms with Crippen molar-refractivity contribution in [3.8, 4) is 0 Å². The molecule has 1 saturated heterocycles. The molecule has 0 bridgehead atoms. The van der Waals surface area contributed by atoms with Crippen LogP contribution in [0.1, 0.15) is 36.9 Å². The predicted molar refractivity (Wildman–Crippen MR) is 110 cm³/mol. The first-order valence-electron chi connectivity index (χ1n) is 10.1. The van der Waals surface area contributed by atoms with Gasteiger partial charge >= 0.3 is 0 Å². The third-order valence-electron chi connectivity index (χ3n) is 4.94. The molecule has 0 amide bonds. The van der Waals surface area contributed by atoms with E-state index < -0.39 is 0 Å². The fourth-order valence-corrected chi connectivity index (χ4v) is 3.53. The molecule has 2 unspecified atom stereocenters. The van der Waals surface area contributed by atoms with Crippen molar-refractivity contribution in [2.75, 3.05) is 32.8 Å². The molecule has 0 radical (unpaired) electrons. The SMILES string of the molecule is CCNC(=NCC(C)Cn1nc(C)cc1C)N1CCOC(c2cnn(C)c2)C1. The molecule has 1 N–H and O–H groups in total. The summed E-state index contributed by atoms with van der Waals surface area (Å²) in [5.74, 6) is 1.36. The molecule has 8 nitrogen and oxygen atoms in total. The molecular formula is C20H33N7O. The van der Waals surface area contributed by atoms with Crippen molar-refractivity contribution >= 4 is 5.96 Å². The third kappa shape index (κ3) is 5.13. The number of aliphatic imine (C=N–C) groups is 1. The molecule has 0 spiro atoms. The number of nitrogens with one attached hydrogen (secondary N) is 1. The van der Waals surface area contributed by atoms with Crippen molar-refractivity contribution in [3.63, 3.8) is 0 Å². The van der Waals surface area contributed by atoms with E-state index in [9.17, 15) is 0 Å². The van der Waals surface area contributed by atoms with Crippen LogP contribution in [0.5, 0.6) is 0 Å². The maximum atomic E-state index is 5.97. The zero-order chi connectivity index (χ0) is 20.1. The molecule has 0 saturated carbocycles. The third-order valence-corrected chi connectivity index (χ3v) is 4.94. The quantitative estimate of drug-likeness (QED) is 0.605. The number of hydrogen-bond acceptors (Lipinski definition) is 4. The van der Waals surface area contributed by atoms with Crippen molar-refractivity contribution < 1.29 is 4.74 Å². The van der Waals surface area contributed by atoms with E-state index in [4.69, 9.17) is 9.73 Å². The van der Waals surface area contributed by atoms with E-state index in [0.717, 1.165) is 49.9 Å². The monoisotopic (exact) mass is 387 g/mol. The van der Waals surface area contributed by atoms with E-state index in [1.165, 1.54) is 5.69 Å². The van der Waals surface area contributed by atoms with Gasteiger partial charge in [-0.15, -0.1) is 0 Å². The van der Waals surface area contributed by atoms with Crippen LogP contribution in [0.3, 0.4) is 0 Å². The summed E-state index contributed by atoms with van der Waals surface area (Å²) in [6.07, 6.45) is 3.93. The van der Waals surface area contributed by atoms with Crippen LogP contribution in [-0.4, -0.2) is 63.2 Å². The zero-order valence-corrected chi connectivity index (χ0v) is 17.7. The van der Waals surface area contributed by atoms with E-state index in [0.29, 0.717) is 12.5 Å². The van der Waals surface area contributed by atoms with Gasteiger partial charge in [-0.05, 0) is 32.8 Å². The molecule has 0 aliphatic carbocycles. The minimum absolute atomic E-state index is 0.0263. The minimum atomic E-state index is 0.0263. The van der Waals surface area contributed by atoms with Gasteiger partial charge in [0.15, 0.2) is 5.96 Å². The highest BCUT2D eigenvalue weighted by molar-refractivity contribution is 5.80. The number of aromatic nitrogens is 4. The standard InChI is InChI=1S/C20H33N7O/c1-6-21-20(22-10-15(2)12-27-17(4)9-16(3)24-27)26-7-8-28-19(14-26)18-11-23-25(5)13-18/h9,11,13,15,19H,6-8,10,12,14H2,1-5H3,(H,21,22). The Morgan fingerprint density at radius 3 is 2.89 bits per heavy atom. The zero-order valence-electron chi connectivity index (χ0n) is 17.7. The van der Waals surface area contributed by atoms with Crippen molar-refractivity contribution in [3.05, 3.63) is 35.4 Å². The van der Waals surface area contributed by atoms with Gasteiger partial charge in [-0.3, -0.25) is 14.4 Å². The van der Waals surface area contributed by atoms with Gasteiger partial charge in [0.1, 0.15) is 6.10 Å². The van der Waals surface area contributed by atoms with E-state index in [1.54, 1.807) is 0 Å². The van der Waals surface area contributed by atoms with Crippen LogP contribution in [0.25, 0.3) is 0 Å². The number of rotatable bonds is 6. The molecule has 154 valence electrons. The van der Waals surface area contributed by atoms with Crippen molar-refractivity contribution in [1.29, 1.82) is 0 Å². The number of hydrogen-bond donors (Lipinski definition) is 1. The summed E-state index contributed by atoms with van der Waals surface area (Å²) in [6, 6.07) is 2.12. The average Bonchev–Trinajstić information content (AvgIpc) is 3.23. The predicted octanol–water partition coefficient (Wildman–Crippen LogP) is 1.91. The topological polar surface area (TPSA) is 72.5 Å². The van der Waals surface area contributed by atoms with Crippen LogP contribution in [0, 0.1) is 19.8 Å². The van der Waals surface area contributed by atoms with Crippen LogP contribution >= 0.6 is 0 Å². The first kappa shape index (κ1) is 20.4. The Bertz CT molecular complexity index is 794. The highest BCUT2D eigenvalue weighted by atomic mass is 16.5. The largest absolute Gasteiger partial charge is 0.370 e. The van der Waals surface area contributed by atoms with E-state index in [-0.39, 0.29) is 6.10 Å². The number of nitrogens with zero attached hydrogens (tertiary/aromatic N) is 6. The Morgan fingerprint density at radius 1 is 1.43 bits per heavy atom. The number of morpholine rings is 1. The molecule has 1 aliphatic rings. The molecule has 3 rings (SSSR count). The number of aryl methyl sites for hydroxylation is 3. The summed E-state index contributed by atoms with van der Waals surface area (Å²) < 4.78 is 9.86. The average molecular weight is 388 g/mol. The smallest absolute Gasteiger partial charge is 0.194 e. The Balaban J connectivity index is 1.63. The normalized spacial score (nSPS) is 19.1. The van der Waals surface area contributed by atoms with Gasteiger partial charge in [0.25, 0.3) is 0 Å². The Kier molecular flexibility index (Phi) is 6.72. The van der Waals surface area contributed by atoms with Crippen LogP contribution in [0.15, 0.2) is 23.5 Å². The molecule has 2 aromatic rings. The maximum Gasteiger partial charge on any atom is 0.194 e. The number of guanidine groups is 1. The van der Waals surface area contributed by atoms with Crippen molar-refractivity contribution in [2.45, 2.75) is 40.3 Å². The van der Waals surface area contributed by atoms with Crippen molar-refractivity contribution in [1.82, 2.24) is 29.8 Å². The second kappa shape index (κ2) is 9.23. The lowest BCUT2D eigenvalue weighted by atomic mass is 10.1. The van der Waals surface area contributed by atoms with Gasteiger partial charge in [-0.1, -0.05) is 6.92 Å². The van der Waals surface area contributed by atoms with E-state index in [2.05, 4.69) is 51.9 Å². The minimum Gasteiger partial charge on any atom is -0.370 e. The fraction of sp³-hybridized carbons (Fsp3) is 0.650. The van der Waals surface area contributed by atoms with Gasteiger partial charge in [0, 0.05) is 50.7 Å². The molecule has 1 aliphatic heterocycles. The lowest BCUT2D eigenvalue weighted by Crippen LogP contribution is -2.48. The molecule has 2 atom stereocenters. The Morgan fingerprint density at radius 2 is 2.25 bits per heavy atom. The second-order valence-corrected chi connectivity index (χ2v) is 7.66. The lowest BCUT2D eigenvalue weighted by molar-refractivity contribution is -0.00806. The molecule has 2 aromatic heterocycles. The first-order chi connectivity index (χ1) is 13.5. The summed E-state index contributed by atoms with van der Waals surface area (Å²) in [4.78, 5) is 7.21. The summed E-state index contributed by atoms with van der Waals surface area (Å²) >= 11 is 0. The van der Waals surface area contributed by atoms with Crippen molar-refractivity contribution in [2.24, 2.45) is 18.0 Å². The molecular weight excluding hydrogens is 354 g/mol. The summed E-state index contributed by atoms with van der Waals surface area (Å²) in [6.45, 7) is 13.3.